The second-order valence-corrected chi connectivity index (χ2v) is 8.00. The van der Waals surface area contributed by atoms with Gasteiger partial charge in [-0.3, -0.25) is 0 Å². The highest BCUT2D eigenvalue weighted by atomic mass is 16.6. The number of nitrogens with one attached hydrogen (secondary N) is 2. The summed E-state index contributed by atoms with van der Waals surface area (Å²) < 4.78 is 11.4. The van der Waals surface area contributed by atoms with Crippen molar-refractivity contribution < 1.29 is 14.3 Å². The van der Waals surface area contributed by atoms with Crippen LogP contribution in [-0.2, 0) is 11.3 Å². The molecule has 5 nitrogen and oxygen atoms in total. The molecule has 0 aliphatic carbocycles. The summed E-state index contributed by atoms with van der Waals surface area (Å²) in [4.78, 5) is 11.9. The number of hydrogen-bond donors (Lipinski definition) is 2. The molecule has 1 amide bonds. The summed E-state index contributed by atoms with van der Waals surface area (Å²) in [7, 11) is 0. The molecule has 0 heterocycles. The number of carbonyl (C=O) groups excluding carboxylic acids is 1. The average Bonchev–Trinajstić information content (AvgIpc) is 2.68. The topological polar surface area (TPSA) is 59.6 Å². The third kappa shape index (κ3) is 8.57. The summed E-state index contributed by atoms with van der Waals surface area (Å²) in [6.07, 6.45) is 1.65. The van der Waals surface area contributed by atoms with Gasteiger partial charge in [0, 0.05) is 12.1 Å². The molecule has 2 rings (SSSR count). The zero-order chi connectivity index (χ0) is 21.1. The van der Waals surface area contributed by atoms with Crippen LogP contribution in [0.5, 0.6) is 5.75 Å². The second-order valence-electron chi connectivity index (χ2n) is 8.00. The van der Waals surface area contributed by atoms with E-state index in [9.17, 15) is 4.79 Å². The molecule has 0 unspecified atom stereocenters. The Kier molecular flexibility index (Phi) is 9.00. The summed E-state index contributed by atoms with van der Waals surface area (Å²) in [6, 6.07) is 16.2. The largest absolute Gasteiger partial charge is 0.493 e. The Morgan fingerprint density at radius 1 is 1.03 bits per heavy atom. The highest BCUT2D eigenvalue weighted by Gasteiger charge is 2.16. The number of alkyl carbamates (subject to hydrolysis) is 1. The predicted molar refractivity (Wildman–Crippen MR) is 118 cm³/mol. The van der Waals surface area contributed by atoms with Crippen LogP contribution in [0.3, 0.4) is 0 Å². The average molecular weight is 399 g/mol. The van der Waals surface area contributed by atoms with Crippen LogP contribution in [0.2, 0.25) is 0 Å². The third-order valence-corrected chi connectivity index (χ3v) is 4.15. The molecule has 0 atom stereocenters. The van der Waals surface area contributed by atoms with E-state index in [4.69, 9.17) is 9.47 Å². The van der Waals surface area contributed by atoms with E-state index in [1.807, 2.05) is 57.2 Å². The van der Waals surface area contributed by atoms with Crippen molar-refractivity contribution in [2.24, 2.45) is 0 Å². The van der Waals surface area contributed by atoms with Gasteiger partial charge in [0.05, 0.1) is 6.61 Å². The number of amides is 1. The van der Waals surface area contributed by atoms with Crippen LogP contribution in [0.1, 0.15) is 46.1 Å². The van der Waals surface area contributed by atoms with Gasteiger partial charge in [0.25, 0.3) is 0 Å². The lowest BCUT2D eigenvalue weighted by Crippen LogP contribution is -2.32. The van der Waals surface area contributed by atoms with Crippen molar-refractivity contribution in [3.05, 3.63) is 54.1 Å². The van der Waals surface area contributed by atoms with E-state index in [1.54, 1.807) is 0 Å². The molecule has 29 heavy (non-hydrogen) atoms. The molecule has 0 bridgehead atoms. The molecular formula is C24H34N2O3. The molecular weight excluding hydrogens is 364 g/mol. The Hall–Kier alpha value is -2.53. The van der Waals surface area contributed by atoms with E-state index in [0.29, 0.717) is 13.2 Å². The van der Waals surface area contributed by atoms with Gasteiger partial charge in [-0.2, -0.15) is 0 Å². The Morgan fingerprint density at radius 2 is 1.79 bits per heavy atom. The lowest BCUT2D eigenvalue weighted by Gasteiger charge is -2.20. The van der Waals surface area contributed by atoms with Gasteiger partial charge >= 0.3 is 6.09 Å². The molecule has 0 aliphatic rings. The molecule has 2 aromatic rings. The smallest absolute Gasteiger partial charge is 0.407 e. The van der Waals surface area contributed by atoms with E-state index >= 15 is 0 Å². The van der Waals surface area contributed by atoms with Gasteiger partial charge in [0.1, 0.15) is 11.4 Å². The summed E-state index contributed by atoms with van der Waals surface area (Å²) in [5.41, 5.74) is 2.61. The molecule has 2 aromatic carbocycles. The van der Waals surface area contributed by atoms with Gasteiger partial charge in [-0.1, -0.05) is 49.4 Å². The summed E-state index contributed by atoms with van der Waals surface area (Å²) >= 11 is 0. The summed E-state index contributed by atoms with van der Waals surface area (Å²) in [6.45, 7) is 10.7. The molecule has 0 spiro atoms. The maximum Gasteiger partial charge on any atom is 0.407 e. The lowest BCUT2D eigenvalue weighted by atomic mass is 10.0. The highest BCUT2D eigenvalue weighted by Crippen LogP contribution is 2.31. The Bertz CT molecular complexity index is 754. The predicted octanol–water partition coefficient (Wildman–Crippen LogP) is 5.15. The third-order valence-electron chi connectivity index (χ3n) is 4.15. The Labute approximate surface area is 174 Å². The minimum atomic E-state index is -0.513. The number of ether oxygens (including phenoxy) is 2. The molecule has 0 saturated carbocycles. The van der Waals surface area contributed by atoms with Crippen LogP contribution in [0.15, 0.2) is 48.5 Å². The second kappa shape index (κ2) is 11.5. The van der Waals surface area contributed by atoms with Gasteiger partial charge in [0.15, 0.2) is 0 Å². The molecule has 5 heteroatoms. The summed E-state index contributed by atoms with van der Waals surface area (Å²) in [5, 5.41) is 6.19. The highest BCUT2D eigenvalue weighted by molar-refractivity contribution is 5.71. The van der Waals surface area contributed by atoms with Gasteiger partial charge in [-0.25, -0.2) is 4.79 Å². The quantitative estimate of drug-likeness (QED) is 0.544. The van der Waals surface area contributed by atoms with E-state index in [0.717, 1.165) is 48.4 Å². The van der Waals surface area contributed by atoms with Crippen LogP contribution in [0.25, 0.3) is 11.1 Å². The molecule has 0 fully saturated rings. The first-order valence-corrected chi connectivity index (χ1v) is 10.4. The SMILES string of the molecule is CCCNCCCOc1cc(CNC(=O)OC(C)(C)C)ccc1-c1ccccc1. The normalized spacial score (nSPS) is 11.2. The Morgan fingerprint density at radius 3 is 2.48 bits per heavy atom. The van der Waals surface area contributed by atoms with E-state index in [-0.39, 0.29) is 0 Å². The van der Waals surface area contributed by atoms with Gasteiger partial charge in [0.2, 0.25) is 0 Å². The van der Waals surface area contributed by atoms with Crippen molar-refractivity contribution in [3.8, 4) is 16.9 Å². The van der Waals surface area contributed by atoms with Crippen LogP contribution >= 0.6 is 0 Å². The monoisotopic (exact) mass is 398 g/mol. The number of rotatable bonds is 10. The fourth-order valence-corrected chi connectivity index (χ4v) is 2.82. The minimum absolute atomic E-state index is 0.387. The fraction of sp³-hybridized carbons (Fsp3) is 0.458. The van der Waals surface area contributed by atoms with E-state index in [2.05, 4.69) is 29.7 Å². The number of benzene rings is 2. The van der Waals surface area contributed by atoms with Crippen molar-refractivity contribution in [2.45, 2.75) is 52.7 Å². The van der Waals surface area contributed by atoms with E-state index < -0.39 is 11.7 Å². The minimum Gasteiger partial charge on any atom is -0.493 e. The van der Waals surface area contributed by atoms with Crippen molar-refractivity contribution in [1.82, 2.24) is 10.6 Å². The van der Waals surface area contributed by atoms with Gasteiger partial charge in [-0.05, 0) is 63.9 Å². The fourth-order valence-electron chi connectivity index (χ4n) is 2.82. The van der Waals surface area contributed by atoms with Gasteiger partial charge in [-0.15, -0.1) is 0 Å². The first kappa shape index (κ1) is 22.8. The Balaban J connectivity index is 2.05. The maximum atomic E-state index is 11.9. The molecule has 0 radical (unpaired) electrons. The standard InChI is InChI=1S/C24H34N2O3/c1-5-14-25-15-9-16-28-22-17-19(18-26-23(27)29-24(2,3)4)12-13-21(22)20-10-7-6-8-11-20/h6-8,10-13,17,25H,5,9,14-16,18H2,1-4H3,(H,26,27). The first-order valence-electron chi connectivity index (χ1n) is 10.4. The molecule has 0 saturated heterocycles. The van der Waals surface area contributed by atoms with Crippen molar-refractivity contribution in [2.75, 3.05) is 19.7 Å². The molecule has 158 valence electrons. The van der Waals surface area contributed by atoms with E-state index in [1.165, 1.54) is 0 Å². The zero-order valence-corrected chi connectivity index (χ0v) is 18.1. The zero-order valence-electron chi connectivity index (χ0n) is 18.1. The van der Waals surface area contributed by atoms with Crippen LogP contribution < -0.4 is 15.4 Å². The van der Waals surface area contributed by atoms with Crippen molar-refractivity contribution in [3.63, 3.8) is 0 Å². The number of hydrogen-bond acceptors (Lipinski definition) is 4. The maximum absolute atomic E-state index is 11.9. The van der Waals surface area contributed by atoms with Crippen LogP contribution in [-0.4, -0.2) is 31.4 Å². The molecule has 2 N–H and O–H groups in total. The van der Waals surface area contributed by atoms with Gasteiger partial charge < -0.3 is 20.1 Å². The van der Waals surface area contributed by atoms with Crippen molar-refractivity contribution in [1.29, 1.82) is 0 Å². The molecule has 0 aromatic heterocycles. The molecule has 0 aliphatic heterocycles. The lowest BCUT2D eigenvalue weighted by molar-refractivity contribution is 0.0523. The summed E-state index contributed by atoms with van der Waals surface area (Å²) in [5.74, 6) is 0.829. The van der Waals surface area contributed by atoms with Crippen LogP contribution in [0, 0.1) is 0 Å². The van der Waals surface area contributed by atoms with Crippen molar-refractivity contribution >= 4 is 6.09 Å². The first-order chi connectivity index (χ1) is 13.9. The van der Waals surface area contributed by atoms with Crippen LogP contribution in [0.4, 0.5) is 4.79 Å². The number of carbonyl (C=O) groups is 1.